The maximum Gasteiger partial charge on any atom is 0.349 e. The molecule has 1 unspecified atom stereocenters. The highest BCUT2D eigenvalue weighted by atomic mass is 16.6. The molecule has 0 radical (unpaired) electrons. The summed E-state index contributed by atoms with van der Waals surface area (Å²) in [4.78, 5) is 12.4. The van der Waals surface area contributed by atoms with Crippen LogP contribution in [0.2, 0.25) is 0 Å². The molecule has 1 aliphatic heterocycles. The van der Waals surface area contributed by atoms with Gasteiger partial charge in [0, 0.05) is 11.6 Å². The highest BCUT2D eigenvalue weighted by Crippen LogP contribution is 2.43. The van der Waals surface area contributed by atoms with Gasteiger partial charge in [0.05, 0.1) is 5.92 Å². The van der Waals surface area contributed by atoms with Gasteiger partial charge in [-0.3, -0.25) is 0 Å². The summed E-state index contributed by atoms with van der Waals surface area (Å²) in [6.45, 7) is 8.17. The molecule has 6 heteroatoms. The van der Waals surface area contributed by atoms with E-state index in [0.717, 1.165) is 16.7 Å². The van der Waals surface area contributed by atoms with Crippen LogP contribution in [0.3, 0.4) is 0 Å². The lowest BCUT2D eigenvalue weighted by atomic mass is 9.83. The molecule has 0 spiro atoms. The van der Waals surface area contributed by atoms with Crippen molar-refractivity contribution in [2.45, 2.75) is 39.0 Å². The minimum absolute atomic E-state index is 0.0380. The fraction of sp³-hybridized carbons (Fsp3) is 0.241. The Balaban J connectivity index is 1.48. The molecule has 0 saturated carbocycles. The quantitative estimate of drug-likeness (QED) is 0.393. The second kappa shape index (κ2) is 9.55. The highest BCUT2D eigenvalue weighted by molar-refractivity contribution is 5.74. The Morgan fingerprint density at radius 3 is 2.31 bits per heavy atom. The fourth-order valence-corrected chi connectivity index (χ4v) is 3.96. The van der Waals surface area contributed by atoms with Crippen molar-refractivity contribution in [3.8, 4) is 23.3 Å². The smallest absolute Gasteiger partial charge is 0.349 e. The second-order valence-electron chi connectivity index (χ2n) is 9.57. The highest BCUT2D eigenvalue weighted by Gasteiger charge is 2.31. The van der Waals surface area contributed by atoms with Gasteiger partial charge in [0.1, 0.15) is 28.9 Å². The van der Waals surface area contributed by atoms with Crippen LogP contribution in [-0.4, -0.2) is 12.6 Å². The predicted molar refractivity (Wildman–Crippen MR) is 133 cm³/mol. The Morgan fingerprint density at radius 1 is 1.03 bits per heavy atom. The maximum absolute atomic E-state index is 12.4. The SMILES string of the molecule is Cc1ccc(C2C(C#N)=C(N)Oc3cc(OC(=O)COc4ccc(C(C)(C)C)cc4)ccc32)cc1. The van der Waals surface area contributed by atoms with E-state index in [2.05, 4.69) is 26.8 Å². The normalized spacial score (nSPS) is 15.0. The summed E-state index contributed by atoms with van der Waals surface area (Å²) in [5, 5.41) is 9.70. The molecule has 1 aliphatic rings. The first-order valence-corrected chi connectivity index (χ1v) is 11.4. The number of nitrogens with zero attached hydrogens (tertiary/aromatic N) is 1. The Bertz CT molecular complexity index is 1310. The summed E-state index contributed by atoms with van der Waals surface area (Å²) in [5.74, 6) is 0.459. The van der Waals surface area contributed by atoms with Gasteiger partial charge in [-0.2, -0.15) is 5.26 Å². The zero-order chi connectivity index (χ0) is 25.2. The van der Waals surface area contributed by atoms with Gasteiger partial charge in [-0.1, -0.05) is 68.8 Å². The lowest BCUT2D eigenvalue weighted by Crippen LogP contribution is -2.21. The molecule has 0 aliphatic carbocycles. The van der Waals surface area contributed by atoms with Gasteiger partial charge in [0.15, 0.2) is 6.61 Å². The number of rotatable bonds is 5. The van der Waals surface area contributed by atoms with E-state index >= 15 is 0 Å². The lowest BCUT2D eigenvalue weighted by Gasteiger charge is -2.26. The van der Waals surface area contributed by atoms with Crippen LogP contribution in [0.25, 0.3) is 0 Å². The van der Waals surface area contributed by atoms with Crippen molar-refractivity contribution in [1.82, 2.24) is 0 Å². The first-order chi connectivity index (χ1) is 16.7. The molecule has 1 atom stereocenters. The molecule has 0 amide bonds. The van der Waals surface area contributed by atoms with Crippen molar-refractivity contribution < 1.29 is 19.0 Å². The van der Waals surface area contributed by atoms with Crippen molar-refractivity contribution in [1.29, 1.82) is 5.26 Å². The zero-order valence-corrected chi connectivity index (χ0v) is 20.3. The molecule has 0 aromatic heterocycles. The number of nitrogens with two attached hydrogens (primary N) is 1. The number of aryl methyl sites for hydroxylation is 1. The summed E-state index contributed by atoms with van der Waals surface area (Å²) in [5.41, 5.74) is 10.4. The number of nitriles is 1. The van der Waals surface area contributed by atoms with E-state index in [-0.39, 0.29) is 23.8 Å². The van der Waals surface area contributed by atoms with Crippen LogP contribution in [-0.2, 0) is 10.2 Å². The van der Waals surface area contributed by atoms with Crippen molar-refractivity contribution in [2.24, 2.45) is 5.73 Å². The Kier molecular flexibility index (Phi) is 6.52. The van der Waals surface area contributed by atoms with Crippen LogP contribution in [0.5, 0.6) is 17.2 Å². The van der Waals surface area contributed by atoms with Crippen molar-refractivity contribution in [3.05, 3.63) is 100 Å². The third kappa shape index (κ3) is 5.30. The minimum atomic E-state index is -0.544. The average molecular weight is 469 g/mol. The Hall–Kier alpha value is -4.24. The van der Waals surface area contributed by atoms with Gasteiger partial charge >= 0.3 is 5.97 Å². The third-order valence-electron chi connectivity index (χ3n) is 5.91. The van der Waals surface area contributed by atoms with Gasteiger partial charge in [0.2, 0.25) is 5.88 Å². The van der Waals surface area contributed by atoms with Crippen LogP contribution >= 0.6 is 0 Å². The molecule has 3 aromatic rings. The third-order valence-corrected chi connectivity index (χ3v) is 5.91. The number of ether oxygens (including phenoxy) is 3. The maximum atomic E-state index is 12.4. The van der Waals surface area contributed by atoms with Crippen LogP contribution in [0.15, 0.2) is 78.2 Å². The Labute approximate surface area is 205 Å². The molecule has 3 aromatic carbocycles. The molecule has 4 rings (SSSR count). The van der Waals surface area contributed by atoms with Gasteiger partial charge in [-0.15, -0.1) is 0 Å². The molecule has 2 N–H and O–H groups in total. The molecule has 0 fully saturated rings. The van der Waals surface area contributed by atoms with E-state index in [1.165, 1.54) is 5.56 Å². The van der Waals surface area contributed by atoms with Crippen LogP contribution < -0.4 is 19.9 Å². The summed E-state index contributed by atoms with van der Waals surface area (Å²) in [6, 6.07) is 22.8. The van der Waals surface area contributed by atoms with Crippen LogP contribution in [0.1, 0.15) is 48.9 Å². The summed E-state index contributed by atoms with van der Waals surface area (Å²) >= 11 is 0. The van der Waals surface area contributed by atoms with E-state index in [9.17, 15) is 10.1 Å². The number of fused-ring (bicyclic) bond motifs is 1. The first-order valence-electron chi connectivity index (χ1n) is 11.4. The number of hydrogen-bond donors (Lipinski definition) is 1. The van der Waals surface area contributed by atoms with E-state index in [0.29, 0.717) is 22.8 Å². The van der Waals surface area contributed by atoms with Gasteiger partial charge < -0.3 is 19.9 Å². The number of carbonyl (C=O) groups is 1. The molecule has 6 nitrogen and oxygen atoms in total. The summed E-state index contributed by atoms with van der Waals surface area (Å²) in [6.07, 6.45) is 0. The van der Waals surface area contributed by atoms with Gasteiger partial charge in [-0.25, -0.2) is 4.79 Å². The van der Waals surface area contributed by atoms with Crippen molar-refractivity contribution in [3.63, 3.8) is 0 Å². The monoisotopic (exact) mass is 468 g/mol. The number of allylic oxidation sites excluding steroid dienone is 1. The average Bonchev–Trinajstić information content (AvgIpc) is 2.82. The van der Waals surface area contributed by atoms with E-state index < -0.39 is 5.97 Å². The molecule has 1 heterocycles. The molecule has 0 bridgehead atoms. The van der Waals surface area contributed by atoms with E-state index in [1.54, 1.807) is 18.2 Å². The first kappa shape index (κ1) is 23.9. The zero-order valence-electron chi connectivity index (χ0n) is 20.3. The molecule has 35 heavy (non-hydrogen) atoms. The second-order valence-corrected chi connectivity index (χ2v) is 9.57. The lowest BCUT2D eigenvalue weighted by molar-refractivity contribution is -0.136. The van der Waals surface area contributed by atoms with Crippen molar-refractivity contribution in [2.75, 3.05) is 6.61 Å². The van der Waals surface area contributed by atoms with Crippen LogP contribution in [0.4, 0.5) is 0 Å². The number of hydrogen-bond acceptors (Lipinski definition) is 6. The van der Waals surface area contributed by atoms with Crippen LogP contribution in [0, 0.1) is 18.3 Å². The summed E-state index contributed by atoms with van der Waals surface area (Å²) in [7, 11) is 0. The molecule has 178 valence electrons. The van der Waals surface area contributed by atoms with Crippen molar-refractivity contribution >= 4 is 5.97 Å². The number of benzene rings is 3. The molecule has 0 saturated heterocycles. The standard InChI is InChI=1S/C29H28N2O4/c1-18-5-7-19(8-6-18)27-23-14-13-22(15-25(23)35-28(31)24(27)16-30)34-26(32)17-33-21-11-9-20(10-12-21)29(2,3)4/h5-15,27H,17,31H2,1-4H3. The van der Waals surface area contributed by atoms with Gasteiger partial charge in [0.25, 0.3) is 0 Å². The summed E-state index contributed by atoms with van der Waals surface area (Å²) < 4.78 is 16.8. The minimum Gasteiger partial charge on any atom is -0.482 e. The van der Waals surface area contributed by atoms with E-state index in [4.69, 9.17) is 19.9 Å². The molecular formula is C29H28N2O4. The van der Waals surface area contributed by atoms with Gasteiger partial charge in [-0.05, 0) is 41.7 Å². The largest absolute Gasteiger partial charge is 0.482 e. The van der Waals surface area contributed by atoms with E-state index in [1.807, 2.05) is 55.5 Å². The molecular weight excluding hydrogens is 440 g/mol. The fourth-order valence-electron chi connectivity index (χ4n) is 3.96. The predicted octanol–water partition coefficient (Wildman–Crippen LogP) is 5.50. The Morgan fingerprint density at radius 2 is 1.69 bits per heavy atom. The number of carbonyl (C=O) groups excluding carboxylic acids is 1. The number of esters is 1. The topological polar surface area (TPSA) is 94.6 Å².